The molecule has 0 fully saturated rings. The molecule has 0 bridgehead atoms. The minimum atomic E-state index is -0.345. The fraction of sp³-hybridized carbons (Fsp3) is 0.125. The molecule has 7 nitrogen and oxygen atoms in total. The first kappa shape index (κ1) is 21.0. The molecule has 0 radical (unpaired) electrons. The van der Waals surface area contributed by atoms with E-state index >= 15 is 0 Å². The Morgan fingerprint density at radius 1 is 1.06 bits per heavy atom. The summed E-state index contributed by atoms with van der Waals surface area (Å²) >= 11 is 1.25. The number of pyridine rings is 1. The lowest BCUT2D eigenvalue weighted by molar-refractivity contribution is -0.117. The minimum absolute atomic E-state index is 0.0139. The van der Waals surface area contributed by atoms with Crippen LogP contribution in [-0.4, -0.2) is 44.2 Å². The van der Waals surface area contributed by atoms with Gasteiger partial charge in [0.1, 0.15) is 5.82 Å². The zero-order valence-electron chi connectivity index (χ0n) is 17.6. The summed E-state index contributed by atoms with van der Waals surface area (Å²) in [6.45, 7) is 0. The first-order valence-corrected chi connectivity index (χ1v) is 11.2. The van der Waals surface area contributed by atoms with E-state index in [1.54, 1.807) is 59.2 Å². The Bertz CT molecular complexity index is 1360. The Labute approximate surface area is 193 Å². The molecule has 1 aliphatic heterocycles. The maximum Gasteiger partial charge on any atom is 0.231 e. The van der Waals surface area contributed by atoms with Crippen molar-refractivity contribution < 1.29 is 14.0 Å². The first-order chi connectivity index (χ1) is 16.0. The summed E-state index contributed by atoms with van der Waals surface area (Å²) in [6.07, 6.45) is 3.62. The van der Waals surface area contributed by atoms with E-state index in [0.29, 0.717) is 28.7 Å². The number of thioether (sulfide) groups is 1. The quantitative estimate of drug-likeness (QED) is 0.321. The summed E-state index contributed by atoms with van der Waals surface area (Å²) in [5.74, 6) is 0.294. The number of benzene rings is 2. The van der Waals surface area contributed by atoms with Crippen LogP contribution in [0.25, 0.3) is 17.1 Å². The number of anilines is 1. The maximum atomic E-state index is 13.5. The van der Waals surface area contributed by atoms with Crippen molar-refractivity contribution in [3.8, 4) is 17.1 Å². The molecule has 1 amide bonds. The van der Waals surface area contributed by atoms with Crippen LogP contribution in [0, 0.1) is 5.82 Å². The average molecular weight is 460 g/mol. The van der Waals surface area contributed by atoms with Gasteiger partial charge in [-0.15, -0.1) is 10.2 Å². The molecule has 0 atom stereocenters. The topological polar surface area (TPSA) is 81.0 Å². The number of Topliss-reactive ketones (excluding diaryl/α,β-unsaturated/α-hetero) is 1. The van der Waals surface area contributed by atoms with Crippen molar-refractivity contribution >= 4 is 29.1 Å². The molecule has 0 saturated heterocycles. The van der Waals surface area contributed by atoms with Crippen molar-refractivity contribution in [2.45, 2.75) is 11.6 Å². The van der Waals surface area contributed by atoms with Gasteiger partial charge in [0.2, 0.25) is 5.91 Å². The van der Waals surface area contributed by atoms with Gasteiger partial charge in [0.05, 0.1) is 12.2 Å². The van der Waals surface area contributed by atoms with Crippen LogP contribution >= 0.6 is 11.8 Å². The lowest BCUT2D eigenvalue weighted by Gasteiger charge is -2.11. The molecule has 0 N–H and O–H groups in total. The molecule has 0 saturated carbocycles. The molecule has 164 valence electrons. The number of rotatable bonds is 6. The highest BCUT2D eigenvalue weighted by Gasteiger charge is 2.25. The zero-order chi connectivity index (χ0) is 22.9. The van der Waals surface area contributed by atoms with Crippen molar-refractivity contribution in [3.05, 3.63) is 83.9 Å². The smallest absolute Gasteiger partial charge is 0.231 e. The summed E-state index contributed by atoms with van der Waals surface area (Å²) in [7, 11) is 1.73. The third-order valence-corrected chi connectivity index (χ3v) is 6.40. The summed E-state index contributed by atoms with van der Waals surface area (Å²) in [4.78, 5) is 30.5. The SMILES string of the molecule is CN1C(=O)Cc2cc(C(=O)CSc3nnc(-c4ccncc4)n3-c3ccc(F)cc3)ccc21. The number of fused-ring (bicyclic) bond motifs is 1. The number of amides is 1. The molecule has 3 heterocycles. The van der Waals surface area contributed by atoms with Crippen LogP contribution in [0.1, 0.15) is 15.9 Å². The Morgan fingerprint density at radius 2 is 1.82 bits per heavy atom. The molecule has 9 heteroatoms. The van der Waals surface area contributed by atoms with Crippen LogP contribution < -0.4 is 4.90 Å². The summed E-state index contributed by atoms with van der Waals surface area (Å²) in [5.41, 5.74) is 3.72. The Morgan fingerprint density at radius 3 is 2.58 bits per heavy atom. The van der Waals surface area contributed by atoms with E-state index in [-0.39, 0.29) is 23.3 Å². The van der Waals surface area contributed by atoms with E-state index < -0.39 is 0 Å². The van der Waals surface area contributed by atoms with Crippen LogP contribution in [0.3, 0.4) is 0 Å². The monoisotopic (exact) mass is 459 g/mol. The fourth-order valence-corrected chi connectivity index (χ4v) is 4.58. The Balaban J connectivity index is 1.43. The second-order valence-corrected chi connectivity index (χ2v) is 8.48. The molecule has 5 rings (SSSR count). The number of halogens is 1. The molecule has 33 heavy (non-hydrogen) atoms. The second-order valence-electron chi connectivity index (χ2n) is 7.54. The third kappa shape index (κ3) is 4.03. The molecule has 1 aliphatic rings. The number of likely N-dealkylation sites (N-methyl/N-ethyl adjacent to an activating group) is 1. The molecule has 0 unspecified atom stereocenters. The summed E-state index contributed by atoms with van der Waals surface area (Å²) in [5, 5.41) is 9.12. The van der Waals surface area contributed by atoms with E-state index in [2.05, 4.69) is 15.2 Å². The van der Waals surface area contributed by atoms with Crippen molar-refractivity contribution in [2.24, 2.45) is 0 Å². The number of nitrogens with zero attached hydrogens (tertiary/aromatic N) is 5. The van der Waals surface area contributed by atoms with Gasteiger partial charge in [0.25, 0.3) is 0 Å². The first-order valence-electron chi connectivity index (χ1n) is 10.2. The van der Waals surface area contributed by atoms with Crippen LogP contribution in [0.5, 0.6) is 0 Å². The summed E-state index contributed by atoms with van der Waals surface area (Å²) < 4.78 is 15.3. The predicted octanol–water partition coefficient (Wildman–Crippen LogP) is 3.96. The van der Waals surface area contributed by atoms with Gasteiger partial charge in [-0.1, -0.05) is 11.8 Å². The van der Waals surface area contributed by atoms with Crippen molar-refractivity contribution in [2.75, 3.05) is 17.7 Å². The predicted molar refractivity (Wildman–Crippen MR) is 123 cm³/mol. The number of carbonyl (C=O) groups excluding carboxylic acids is 2. The minimum Gasteiger partial charge on any atom is -0.315 e. The van der Waals surface area contributed by atoms with Crippen molar-refractivity contribution in [1.29, 1.82) is 0 Å². The van der Waals surface area contributed by atoms with Gasteiger partial charge in [-0.3, -0.25) is 19.1 Å². The number of hydrogen-bond donors (Lipinski definition) is 0. The number of hydrogen-bond acceptors (Lipinski definition) is 6. The number of aromatic nitrogens is 4. The number of ketones is 1. The molecular formula is C24H18FN5O2S. The van der Waals surface area contributed by atoms with Crippen LogP contribution in [0.15, 0.2) is 72.1 Å². The van der Waals surface area contributed by atoms with E-state index in [1.165, 1.54) is 23.9 Å². The highest BCUT2D eigenvalue weighted by molar-refractivity contribution is 7.99. The standard InChI is InChI=1S/C24H18FN5O2S/c1-29-20-7-2-16(12-17(20)13-22(29)32)21(31)14-33-24-28-27-23(15-8-10-26-11-9-15)30(24)19-5-3-18(25)4-6-19/h2-12H,13-14H2,1H3. The fourth-order valence-electron chi connectivity index (χ4n) is 3.73. The second kappa shape index (κ2) is 8.59. The lowest BCUT2D eigenvalue weighted by Crippen LogP contribution is -2.20. The summed E-state index contributed by atoms with van der Waals surface area (Å²) in [6, 6.07) is 15.0. The van der Waals surface area contributed by atoms with Gasteiger partial charge in [0.15, 0.2) is 16.8 Å². The Hall–Kier alpha value is -3.85. The normalized spacial score (nSPS) is 12.8. The van der Waals surface area contributed by atoms with Gasteiger partial charge < -0.3 is 4.90 Å². The molecule has 4 aromatic rings. The van der Waals surface area contributed by atoms with Gasteiger partial charge in [-0.2, -0.15) is 0 Å². The number of carbonyl (C=O) groups is 2. The zero-order valence-corrected chi connectivity index (χ0v) is 18.4. The molecule has 2 aromatic heterocycles. The lowest BCUT2D eigenvalue weighted by atomic mass is 10.1. The van der Waals surface area contributed by atoms with Crippen LogP contribution in [0.2, 0.25) is 0 Å². The van der Waals surface area contributed by atoms with E-state index in [9.17, 15) is 14.0 Å². The molecule has 0 aliphatic carbocycles. The molecule has 2 aromatic carbocycles. The van der Waals surface area contributed by atoms with Crippen molar-refractivity contribution in [3.63, 3.8) is 0 Å². The van der Waals surface area contributed by atoms with Gasteiger partial charge in [0, 0.05) is 41.9 Å². The highest BCUT2D eigenvalue weighted by atomic mass is 32.2. The van der Waals surface area contributed by atoms with Gasteiger partial charge >= 0.3 is 0 Å². The highest BCUT2D eigenvalue weighted by Crippen LogP contribution is 2.31. The van der Waals surface area contributed by atoms with E-state index in [4.69, 9.17) is 0 Å². The van der Waals surface area contributed by atoms with Crippen LogP contribution in [0.4, 0.5) is 10.1 Å². The third-order valence-electron chi connectivity index (χ3n) is 5.47. The van der Waals surface area contributed by atoms with E-state index in [1.807, 2.05) is 12.1 Å². The largest absolute Gasteiger partial charge is 0.315 e. The molecule has 0 spiro atoms. The molecular weight excluding hydrogens is 441 g/mol. The van der Waals surface area contributed by atoms with Gasteiger partial charge in [-0.05, 0) is 60.2 Å². The average Bonchev–Trinajstić information content (AvgIpc) is 3.39. The van der Waals surface area contributed by atoms with Crippen molar-refractivity contribution in [1.82, 2.24) is 19.7 Å². The van der Waals surface area contributed by atoms with Crippen LogP contribution in [-0.2, 0) is 11.2 Å². The van der Waals surface area contributed by atoms with E-state index in [0.717, 1.165) is 16.8 Å². The van der Waals surface area contributed by atoms with Gasteiger partial charge in [-0.25, -0.2) is 4.39 Å². The maximum absolute atomic E-state index is 13.5. The Kier molecular flexibility index (Phi) is 5.47.